The molecule has 10 rings (SSSR count). The largest absolute Gasteiger partial charge is 0.508 e. The number of para-hydroxylation sites is 3. The first-order valence-corrected chi connectivity index (χ1v) is 19.4. The van der Waals surface area contributed by atoms with Crippen LogP contribution in [0.3, 0.4) is 0 Å². The molecule has 0 unspecified atom stereocenters. The predicted molar refractivity (Wildman–Crippen MR) is 226 cm³/mol. The zero-order valence-electron chi connectivity index (χ0n) is 31.3. The zero-order valence-corrected chi connectivity index (χ0v) is 31.3. The topological polar surface area (TPSA) is 99.4 Å². The third kappa shape index (κ3) is 6.91. The van der Waals surface area contributed by atoms with Crippen molar-refractivity contribution in [2.75, 3.05) is 0 Å². The molecule has 57 heavy (non-hydrogen) atoms. The Morgan fingerprint density at radius 1 is 0.333 bits per heavy atom. The maximum Gasteiger partial charge on any atom is 0.119 e. The van der Waals surface area contributed by atoms with Crippen molar-refractivity contribution in [3.8, 4) is 17.2 Å². The Bertz CT molecular complexity index is 2700. The normalized spacial score (nSPS) is 12.4. The lowest BCUT2D eigenvalue weighted by Crippen LogP contribution is -2.03. The molecule has 0 radical (unpaired) electrons. The number of nitrogens with zero attached hydrogens (tertiary/aromatic N) is 3. The molecule has 0 saturated carbocycles. The van der Waals surface area contributed by atoms with Crippen molar-refractivity contribution in [2.24, 2.45) is 0 Å². The van der Waals surface area contributed by atoms with E-state index in [1.165, 1.54) is 0 Å². The molecule has 6 nitrogen and oxygen atoms in total. The van der Waals surface area contributed by atoms with Gasteiger partial charge in [0, 0.05) is 69.2 Å². The second-order valence-corrected chi connectivity index (χ2v) is 15.3. The summed E-state index contributed by atoms with van der Waals surface area (Å²) in [4.78, 5) is 14.7. The van der Waals surface area contributed by atoms with Crippen LogP contribution in [-0.4, -0.2) is 30.3 Å². The molecule has 0 fully saturated rings. The van der Waals surface area contributed by atoms with Gasteiger partial charge in [0.25, 0.3) is 0 Å². The number of aromatic nitrogens is 3. The Labute approximate surface area is 330 Å². The summed E-state index contributed by atoms with van der Waals surface area (Å²) in [5.74, 6) is 0.681. The fourth-order valence-electron chi connectivity index (χ4n) is 8.42. The first-order valence-electron chi connectivity index (χ1n) is 19.4. The van der Waals surface area contributed by atoms with Gasteiger partial charge < -0.3 is 15.3 Å². The van der Waals surface area contributed by atoms with Gasteiger partial charge in [-0.05, 0) is 107 Å². The van der Waals surface area contributed by atoms with Crippen molar-refractivity contribution >= 4 is 32.7 Å². The van der Waals surface area contributed by atoms with Gasteiger partial charge in [0.15, 0.2) is 0 Å². The van der Waals surface area contributed by atoms with E-state index in [4.69, 9.17) is 15.0 Å². The van der Waals surface area contributed by atoms with E-state index in [9.17, 15) is 15.3 Å². The summed E-state index contributed by atoms with van der Waals surface area (Å²) < 4.78 is 0. The molecule has 6 aromatic carbocycles. The lowest BCUT2D eigenvalue weighted by Gasteiger charge is -2.16. The van der Waals surface area contributed by atoms with E-state index in [-0.39, 0.29) is 17.2 Å². The van der Waals surface area contributed by atoms with E-state index in [2.05, 4.69) is 54.6 Å². The number of hydrogen-bond donors (Lipinski definition) is 3. The van der Waals surface area contributed by atoms with Gasteiger partial charge in [-0.25, -0.2) is 0 Å². The van der Waals surface area contributed by atoms with Gasteiger partial charge >= 0.3 is 0 Å². The highest BCUT2D eigenvalue weighted by atomic mass is 16.3. The molecule has 1 aliphatic carbocycles. The molecule has 0 spiro atoms. The van der Waals surface area contributed by atoms with E-state index in [0.29, 0.717) is 38.5 Å². The molecule has 9 aromatic rings. The molecule has 6 heteroatoms. The number of benzene rings is 6. The van der Waals surface area contributed by atoms with E-state index in [1.54, 1.807) is 0 Å². The molecule has 3 N–H and O–H groups in total. The number of aromatic hydroxyl groups is 3. The van der Waals surface area contributed by atoms with E-state index in [1.807, 2.05) is 91.0 Å². The standard InChI is InChI=1S/C51H39N3O3/c55-49-28-37-20-35-23-41(26-44-17-14-32-8-2-5-11-47(32)53-44)51(57)30-39(35)21-36-24-42(27-45-18-15-33-9-3-6-12-48(33)54-45)50(56)29-38(36)19-34(37)22-40(49)25-43-16-13-31-7-1-4-10-46(31)52-43/h1-18,22-24,28-30,55-57H,19-21,25-27H2. The average Bonchev–Trinajstić information content (AvgIpc) is 3.27. The van der Waals surface area contributed by atoms with Gasteiger partial charge in [0.1, 0.15) is 17.2 Å². The molecule has 3 aromatic heterocycles. The van der Waals surface area contributed by atoms with Crippen LogP contribution < -0.4 is 0 Å². The minimum atomic E-state index is 0.227. The fraction of sp³-hybridized carbons (Fsp3) is 0.118. The van der Waals surface area contributed by atoms with E-state index >= 15 is 0 Å². The summed E-state index contributed by atoms with van der Waals surface area (Å²) in [5, 5.41) is 37.9. The van der Waals surface area contributed by atoms with Gasteiger partial charge in [0.05, 0.1) is 16.6 Å². The van der Waals surface area contributed by atoms with Gasteiger partial charge in [-0.1, -0.05) is 91.0 Å². The van der Waals surface area contributed by atoms with Crippen molar-refractivity contribution < 1.29 is 15.3 Å². The molecule has 276 valence electrons. The Kier molecular flexibility index (Phi) is 8.59. The van der Waals surface area contributed by atoms with Gasteiger partial charge in [-0.2, -0.15) is 0 Å². The van der Waals surface area contributed by atoms with Crippen molar-refractivity contribution in [3.05, 3.63) is 213 Å². The molecule has 1 aliphatic rings. The minimum Gasteiger partial charge on any atom is -0.508 e. The molecule has 0 saturated heterocycles. The molecular weight excluding hydrogens is 703 g/mol. The van der Waals surface area contributed by atoms with Crippen LogP contribution in [0.4, 0.5) is 0 Å². The highest BCUT2D eigenvalue weighted by molar-refractivity contribution is 5.80. The van der Waals surface area contributed by atoms with Crippen LogP contribution in [0.5, 0.6) is 17.2 Å². The molecule has 0 bridgehead atoms. The summed E-state index contributed by atoms with van der Waals surface area (Å²) in [6.07, 6.45) is 3.14. The summed E-state index contributed by atoms with van der Waals surface area (Å²) in [7, 11) is 0. The van der Waals surface area contributed by atoms with Gasteiger partial charge in [-0.3, -0.25) is 15.0 Å². The quantitative estimate of drug-likeness (QED) is 0.157. The predicted octanol–water partition coefficient (Wildman–Crippen LogP) is 10.3. The summed E-state index contributed by atoms with van der Waals surface area (Å²) >= 11 is 0. The summed E-state index contributed by atoms with van der Waals surface area (Å²) in [6.45, 7) is 0. The molecule has 0 atom stereocenters. The minimum absolute atomic E-state index is 0.227. The van der Waals surface area contributed by atoms with Crippen LogP contribution in [-0.2, 0) is 38.5 Å². The Hall–Kier alpha value is -7.05. The lowest BCUT2D eigenvalue weighted by atomic mass is 9.90. The smallest absolute Gasteiger partial charge is 0.119 e. The lowest BCUT2D eigenvalue weighted by molar-refractivity contribution is 0.467. The van der Waals surface area contributed by atoms with Crippen LogP contribution in [0.25, 0.3) is 32.7 Å². The van der Waals surface area contributed by atoms with Crippen molar-refractivity contribution in [3.63, 3.8) is 0 Å². The summed E-state index contributed by atoms with van der Waals surface area (Å²) in [6, 6.07) is 48.5. The van der Waals surface area contributed by atoms with Crippen molar-refractivity contribution in [1.82, 2.24) is 15.0 Å². The third-order valence-electron chi connectivity index (χ3n) is 11.4. The molecular formula is C51H39N3O3. The van der Waals surface area contributed by atoms with Crippen LogP contribution >= 0.6 is 0 Å². The van der Waals surface area contributed by atoms with Crippen LogP contribution in [0.2, 0.25) is 0 Å². The van der Waals surface area contributed by atoms with E-state index in [0.717, 1.165) is 99.9 Å². The molecule has 3 heterocycles. The maximum absolute atomic E-state index is 11.6. The Morgan fingerprint density at radius 2 is 0.614 bits per heavy atom. The third-order valence-corrected chi connectivity index (χ3v) is 11.4. The van der Waals surface area contributed by atoms with Crippen LogP contribution in [0, 0.1) is 0 Å². The van der Waals surface area contributed by atoms with Crippen LogP contribution in [0.1, 0.15) is 67.2 Å². The highest BCUT2D eigenvalue weighted by Crippen LogP contribution is 2.37. The monoisotopic (exact) mass is 741 g/mol. The number of rotatable bonds is 6. The average molecular weight is 742 g/mol. The number of fused-ring (bicyclic) bond motifs is 6. The highest BCUT2D eigenvalue weighted by Gasteiger charge is 2.22. The number of pyridine rings is 3. The molecule has 0 aliphatic heterocycles. The zero-order chi connectivity index (χ0) is 38.5. The Morgan fingerprint density at radius 3 is 0.930 bits per heavy atom. The Balaban J connectivity index is 1.07. The first-order chi connectivity index (χ1) is 27.9. The van der Waals surface area contributed by atoms with Crippen molar-refractivity contribution in [1.29, 1.82) is 0 Å². The second kappa shape index (κ2) is 14.2. The van der Waals surface area contributed by atoms with Gasteiger partial charge in [-0.15, -0.1) is 0 Å². The van der Waals surface area contributed by atoms with E-state index < -0.39 is 0 Å². The fourth-order valence-corrected chi connectivity index (χ4v) is 8.42. The number of phenols is 3. The number of phenolic OH excluding ortho intramolecular Hbond substituents is 3. The van der Waals surface area contributed by atoms with Crippen LogP contribution in [0.15, 0.2) is 146 Å². The second-order valence-electron chi connectivity index (χ2n) is 15.3. The number of hydrogen-bond acceptors (Lipinski definition) is 6. The molecule has 0 amide bonds. The summed E-state index contributed by atoms with van der Waals surface area (Å²) in [5.41, 5.74) is 14.0. The van der Waals surface area contributed by atoms with Crippen molar-refractivity contribution in [2.45, 2.75) is 38.5 Å². The SMILES string of the molecule is Oc1cc2c(cc1Cc1ccc3ccccc3n1)Cc1cc(O)c(Cc3ccc4ccccc4n3)cc1Cc1cc(O)c(Cc3ccc4ccccc4n3)cc1C2. The van der Waals surface area contributed by atoms with Gasteiger partial charge in [0.2, 0.25) is 0 Å². The maximum atomic E-state index is 11.6. The first kappa shape index (κ1) is 34.4.